The van der Waals surface area contributed by atoms with Crippen LogP contribution in [0.5, 0.6) is 0 Å². The highest BCUT2D eigenvalue weighted by Gasteiger charge is 2.21. The fourth-order valence-corrected chi connectivity index (χ4v) is 5.83. The molecule has 2 aliphatic heterocycles. The summed E-state index contributed by atoms with van der Waals surface area (Å²) in [7, 11) is 0. The van der Waals surface area contributed by atoms with Gasteiger partial charge in [-0.2, -0.15) is 10.1 Å². The van der Waals surface area contributed by atoms with Gasteiger partial charge in [-0.05, 0) is 31.5 Å². The molecule has 6 rings (SSSR count). The summed E-state index contributed by atoms with van der Waals surface area (Å²) >= 11 is 1.81. The van der Waals surface area contributed by atoms with E-state index in [-0.39, 0.29) is 0 Å². The topological polar surface area (TPSA) is 68.5 Å². The molecule has 0 saturated carbocycles. The van der Waals surface area contributed by atoms with Crippen LogP contribution in [0.15, 0.2) is 42.6 Å². The summed E-state index contributed by atoms with van der Waals surface area (Å²) in [6.07, 6.45) is 2.95. The first-order valence-electron chi connectivity index (χ1n) is 12.3. The second-order valence-electron chi connectivity index (χ2n) is 9.13. The quantitative estimate of drug-likeness (QED) is 0.420. The van der Waals surface area contributed by atoms with Crippen molar-refractivity contribution in [1.29, 1.82) is 0 Å². The molecule has 8 nitrogen and oxygen atoms in total. The van der Waals surface area contributed by atoms with Crippen molar-refractivity contribution in [3.05, 3.63) is 53.0 Å². The van der Waals surface area contributed by atoms with Crippen molar-refractivity contribution in [2.75, 3.05) is 57.5 Å². The summed E-state index contributed by atoms with van der Waals surface area (Å²) in [6.45, 7) is 9.82. The summed E-state index contributed by atoms with van der Waals surface area (Å²) in [5.74, 6) is 1.59. The van der Waals surface area contributed by atoms with Crippen LogP contribution >= 0.6 is 11.3 Å². The van der Waals surface area contributed by atoms with Crippen molar-refractivity contribution in [1.82, 2.24) is 24.6 Å². The third-order valence-corrected chi connectivity index (χ3v) is 7.61. The van der Waals surface area contributed by atoms with Crippen LogP contribution in [-0.2, 0) is 16.0 Å². The highest BCUT2D eigenvalue weighted by molar-refractivity contribution is 7.19. The number of thiophene rings is 1. The minimum absolute atomic E-state index is 0.604. The maximum absolute atomic E-state index is 5.72. The van der Waals surface area contributed by atoms with E-state index in [1.165, 1.54) is 10.4 Å². The van der Waals surface area contributed by atoms with Crippen molar-refractivity contribution in [2.45, 2.75) is 19.9 Å². The zero-order valence-electron chi connectivity index (χ0n) is 20.0. The molecule has 182 valence electrons. The number of benzene rings is 1. The Balaban J connectivity index is 1.38. The van der Waals surface area contributed by atoms with E-state index in [1.807, 2.05) is 12.3 Å². The van der Waals surface area contributed by atoms with Gasteiger partial charge in [0.2, 0.25) is 0 Å². The molecular weight excluding hydrogens is 460 g/mol. The molecule has 3 aromatic heterocycles. The van der Waals surface area contributed by atoms with E-state index in [1.54, 1.807) is 16.0 Å². The number of aromatic nitrogens is 4. The molecule has 9 heteroatoms. The minimum atomic E-state index is 0.604. The number of hydrogen-bond donors (Lipinski definition) is 0. The molecule has 0 spiro atoms. The lowest BCUT2D eigenvalue weighted by Crippen LogP contribution is -2.35. The predicted molar refractivity (Wildman–Crippen MR) is 138 cm³/mol. The number of anilines is 1. The van der Waals surface area contributed by atoms with Crippen molar-refractivity contribution < 1.29 is 9.47 Å². The Morgan fingerprint density at radius 3 is 2.69 bits per heavy atom. The molecule has 0 N–H and O–H groups in total. The highest BCUT2D eigenvalue weighted by Crippen LogP contribution is 2.34. The fraction of sp³-hybridized carbons (Fsp3) is 0.423. The summed E-state index contributed by atoms with van der Waals surface area (Å²) in [4.78, 5) is 16.1. The second kappa shape index (κ2) is 10.0. The van der Waals surface area contributed by atoms with Gasteiger partial charge in [0.1, 0.15) is 0 Å². The molecule has 0 amide bonds. The van der Waals surface area contributed by atoms with Gasteiger partial charge in [0.15, 0.2) is 5.82 Å². The van der Waals surface area contributed by atoms with Gasteiger partial charge >= 0.3 is 0 Å². The number of aryl methyl sites for hydroxylation is 1. The lowest BCUT2D eigenvalue weighted by Gasteiger charge is -2.25. The van der Waals surface area contributed by atoms with E-state index in [9.17, 15) is 0 Å². The maximum Gasteiger partial charge on any atom is 0.253 e. The standard InChI is InChI=1S/C26H30N6O2S/c1-19-4-2-5-20(16-19)22-6-8-32(29-22)26-27-23-17-21(18-30-9-13-34-14-10-30)35-24(23)25(28-26)31-7-3-12-33-15-11-31/h2,4-6,8,16-17H,3,7,9-15,18H2,1H3. The second-order valence-corrected chi connectivity index (χ2v) is 10.3. The highest BCUT2D eigenvalue weighted by atomic mass is 32.1. The zero-order chi connectivity index (χ0) is 23.6. The van der Waals surface area contributed by atoms with Crippen LogP contribution in [0, 0.1) is 6.92 Å². The minimum Gasteiger partial charge on any atom is -0.380 e. The monoisotopic (exact) mass is 490 g/mol. The zero-order valence-corrected chi connectivity index (χ0v) is 20.8. The van der Waals surface area contributed by atoms with Crippen LogP contribution in [0.3, 0.4) is 0 Å². The SMILES string of the molecule is Cc1cccc(-c2ccn(-c3nc(N4CCCOCC4)c4sc(CN5CCOCC5)cc4n3)n2)c1. The number of morpholine rings is 1. The number of hydrogen-bond acceptors (Lipinski definition) is 8. The van der Waals surface area contributed by atoms with E-state index in [0.717, 1.165) is 86.3 Å². The van der Waals surface area contributed by atoms with Crippen molar-refractivity contribution >= 4 is 27.4 Å². The van der Waals surface area contributed by atoms with Crippen molar-refractivity contribution in [3.63, 3.8) is 0 Å². The molecule has 4 aromatic rings. The summed E-state index contributed by atoms with van der Waals surface area (Å²) in [5.41, 5.74) is 4.21. The summed E-state index contributed by atoms with van der Waals surface area (Å²) in [5, 5.41) is 4.83. The lowest BCUT2D eigenvalue weighted by molar-refractivity contribution is 0.0346. The number of rotatable bonds is 5. The van der Waals surface area contributed by atoms with Crippen molar-refractivity contribution in [3.8, 4) is 17.2 Å². The molecule has 2 aliphatic rings. The Hall–Kier alpha value is -2.85. The molecule has 0 radical (unpaired) electrons. The van der Waals surface area contributed by atoms with Gasteiger partial charge in [0, 0.05) is 56.0 Å². The van der Waals surface area contributed by atoms with Crippen LogP contribution in [-0.4, -0.2) is 77.3 Å². The fourth-order valence-electron chi connectivity index (χ4n) is 4.68. The Bertz CT molecular complexity index is 1300. The van der Waals surface area contributed by atoms with E-state index in [2.05, 4.69) is 47.1 Å². The molecule has 1 aromatic carbocycles. The van der Waals surface area contributed by atoms with Gasteiger partial charge in [-0.1, -0.05) is 23.8 Å². The van der Waals surface area contributed by atoms with Crippen LogP contribution in [0.4, 0.5) is 5.82 Å². The first-order valence-corrected chi connectivity index (χ1v) is 13.1. The Morgan fingerprint density at radius 2 is 1.80 bits per heavy atom. The largest absolute Gasteiger partial charge is 0.380 e. The third kappa shape index (κ3) is 4.95. The van der Waals surface area contributed by atoms with E-state index in [4.69, 9.17) is 24.5 Å². The summed E-state index contributed by atoms with van der Waals surface area (Å²) in [6, 6.07) is 12.6. The molecule has 0 unspecified atom stereocenters. The first-order chi connectivity index (χ1) is 17.2. The smallest absolute Gasteiger partial charge is 0.253 e. The van der Waals surface area contributed by atoms with Gasteiger partial charge in [-0.25, -0.2) is 9.67 Å². The average molecular weight is 491 g/mol. The average Bonchev–Trinajstić information content (AvgIpc) is 3.43. The normalized spacial score (nSPS) is 17.7. The molecule has 2 saturated heterocycles. The molecule has 0 bridgehead atoms. The molecule has 5 heterocycles. The van der Waals surface area contributed by atoms with Gasteiger partial charge in [0.25, 0.3) is 5.95 Å². The Labute approximate surface area is 209 Å². The number of ether oxygens (including phenoxy) is 2. The van der Waals surface area contributed by atoms with Gasteiger partial charge in [-0.15, -0.1) is 11.3 Å². The van der Waals surface area contributed by atoms with E-state index >= 15 is 0 Å². The van der Waals surface area contributed by atoms with Gasteiger partial charge in [0.05, 0.1) is 35.7 Å². The first kappa shape index (κ1) is 22.6. The van der Waals surface area contributed by atoms with Crippen LogP contribution < -0.4 is 4.90 Å². The Kier molecular flexibility index (Phi) is 6.47. The summed E-state index contributed by atoms with van der Waals surface area (Å²) < 4.78 is 14.2. The van der Waals surface area contributed by atoms with E-state index < -0.39 is 0 Å². The molecule has 35 heavy (non-hydrogen) atoms. The molecule has 2 fully saturated rings. The van der Waals surface area contributed by atoms with Gasteiger partial charge < -0.3 is 14.4 Å². The van der Waals surface area contributed by atoms with Crippen LogP contribution in [0.1, 0.15) is 16.9 Å². The predicted octanol–water partition coefficient (Wildman–Crippen LogP) is 3.91. The number of nitrogens with zero attached hydrogens (tertiary/aromatic N) is 6. The lowest BCUT2D eigenvalue weighted by atomic mass is 10.1. The molecule has 0 atom stereocenters. The van der Waals surface area contributed by atoms with Crippen LogP contribution in [0.2, 0.25) is 0 Å². The maximum atomic E-state index is 5.72. The number of fused-ring (bicyclic) bond motifs is 1. The van der Waals surface area contributed by atoms with Crippen molar-refractivity contribution in [2.24, 2.45) is 0 Å². The molecular formula is C26H30N6O2S. The van der Waals surface area contributed by atoms with E-state index in [0.29, 0.717) is 12.6 Å². The third-order valence-electron chi connectivity index (χ3n) is 6.51. The Morgan fingerprint density at radius 1 is 0.943 bits per heavy atom. The van der Waals surface area contributed by atoms with Crippen LogP contribution in [0.25, 0.3) is 27.4 Å². The van der Waals surface area contributed by atoms with Gasteiger partial charge in [-0.3, -0.25) is 4.90 Å². The molecule has 0 aliphatic carbocycles.